The van der Waals surface area contributed by atoms with Crippen LogP contribution in [0.3, 0.4) is 0 Å². The van der Waals surface area contributed by atoms with Crippen LogP contribution in [-0.2, 0) is 4.79 Å². The molecular formula is C21H34IN5O3. The summed E-state index contributed by atoms with van der Waals surface area (Å²) in [5.74, 6) is 0.720. The highest BCUT2D eigenvalue weighted by molar-refractivity contribution is 14.0. The Morgan fingerprint density at radius 1 is 1.07 bits per heavy atom. The minimum Gasteiger partial charge on any atom is -0.508 e. The van der Waals surface area contributed by atoms with E-state index in [4.69, 9.17) is 0 Å². The normalized spacial score (nSPS) is 15.1. The zero-order valence-electron chi connectivity index (χ0n) is 18.0. The summed E-state index contributed by atoms with van der Waals surface area (Å²) in [6.45, 7) is 4.08. The zero-order valence-corrected chi connectivity index (χ0v) is 20.4. The van der Waals surface area contributed by atoms with Crippen molar-refractivity contribution in [3.63, 3.8) is 0 Å². The number of nitrogens with one attached hydrogen (secondary N) is 3. The molecule has 1 aliphatic rings. The summed E-state index contributed by atoms with van der Waals surface area (Å²) < 4.78 is 0. The van der Waals surface area contributed by atoms with Crippen LogP contribution in [0.5, 0.6) is 5.75 Å². The van der Waals surface area contributed by atoms with Crippen LogP contribution in [0.15, 0.2) is 29.3 Å². The minimum absolute atomic E-state index is 0. The number of nitrogens with zero attached hydrogens (tertiary/aromatic N) is 2. The van der Waals surface area contributed by atoms with Crippen molar-refractivity contribution in [1.82, 2.24) is 20.9 Å². The smallest absolute Gasteiger partial charge is 0.251 e. The van der Waals surface area contributed by atoms with Crippen molar-refractivity contribution in [2.75, 3.05) is 40.3 Å². The highest BCUT2D eigenvalue weighted by Crippen LogP contribution is 2.39. The van der Waals surface area contributed by atoms with Gasteiger partial charge >= 0.3 is 0 Å². The molecule has 0 radical (unpaired) electrons. The molecule has 0 saturated heterocycles. The van der Waals surface area contributed by atoms with Gasteiger partial charge in [0.15, 0.2) is 5.96 Å². The first-order valence-corrected chi connectivity index (χ1v) is 10.2. The van der Waals surface area contributed by atoms with Crippen molar-refractivity contribution in [2.45, 2.75) is 32.6 Å². The Balaban J connectivity index is 0.00000450. The fourth-order valence-corrected chi connectivity index (χ4v) is 3.61. The lowest BCUT2D eigenvalue weighted by molar-refractivity contribution is -0.138. The molecule has 0 heterocycles. The van der Waals surface area contributed by atoms with Gasteiger partial charge in [0.2, 0.25) is 5.91 Å². The van der Waals surface area contributed by atoms with Crippen molar-refractivity contribution in [3.05, 3.63) is 29.8 Å². The van der Waals surface area contributed by atoms with Gasteiger partial charge in [-0.1, -0.05) is 12.8 Å². The third-order valence-corrected chi connectivity index (χ3v) is 5.14. The Labute approximate surface area is 195 Å². The number of amides is 2. The quantitative estimate of drug-likeness (QED) is 0.178. The predicted octanol–water partition coefficient (Wildman–Crippen LogP) is 1.94. The van der Waals surface area contributed by atoms with Crippen molar-refractivity contribution in [1.29, 1.82) is 0 Å². The Kier molecular flexibility index (Phi) is 10.9. The van der Waals surface area contributed by atoms with Gasteiger partial charge in [-0.15, -0.1) is 24.0 Å². The van der Waals surface area contributed by atoms with Gasteiger partial charge < -0.3 is 26.0 Å². The van der Waals surface area contributed by atoms with Crippen molar-refractivity contribution in [3.8, 4) is 5.75 Å². The second kappa shape index (κ2) is 12.6. The molecule has 2 rings (SSSR count). The number of halogens is 1. The van der Waals surface area contributed by atoms with Gasteiger partial charge in [-0.2, -0.15) is 0 Å². The average molecular weight is 531 g/mol. The second-order valence-corrected chi connectivity index (χ2v) is 7.61. The van der Waals surface area contributed by atoms with Crippen LogP contribution in [-0.4, -0.2) is 68.1 Å². The monoisotopic (exact) mass is 531 g/mol. The van der Waals surface area contributed by atoms with Crippen LogP contribution in [0, 0.1) is 5.41 Å². The molecule has 9 heteroatoms. The number of phenolic OH excluding ortho intramolecular Hbond substituents is 1. The van der Waals surface area contributed by atoms with Gasteiger partial charge in [-0.25, -0.2) is 0 Å². The van der Waals surface area contributed by atoms with Crippen LogP contribution in [0.4, 0.5) is 0 Å². The maximum absolute atomic E-state index is 12.7. The summed E-state index contributed by atoms with van der Waals surface area (Å²) in [5, 5.41) is 18.5. The molecule has 0 atom stereocenters. The summed E-state index contributed by atoms with van der Waals surface area (Å²) in [4.78, 5) is 31.1. The maximum atomic E-state index is 12.7. The fraction of sp³-hybridized carbons (Fsp3) is 0.571. The fourth-order valence-electron chi connectivity index (χ4n) is 3.61. The number of aliphatic imine (C=N–C) groups is 1. The van der Waals surface area contributed by atoms with Crippen LogP contribution in [0.2, 0.25) is 0 Å². The van der Waals surface area contributed by atoms with E-state index in [1.54, 1.807) is 31.1 Å². The van der Waals surface area contributed by atoms with E-state index in [-0.39, 0.29) is 41.5 Å². The topological polar surface area (TPSA) is 106 Å². The van der Waals surface area contributed by atoms with Gasteiger partial charge in [-0.3, -0.25) is 14.6 Å². The molecule has 1 aromatic carbocycles. The van der Waals surface area contributed by atoms with Crippen LogP contribution in [0.1, 0.15) is 43.0 Å². The van der Waals surface area contributed by atoms with Crippen molar-refractivity contribution >= 4 is 41.8 Å². The minimum atomic E-state index is -0.404. The average Bonchev–Trinajstić information content (AvgIpc) is 3.19. The predicted molar refractivity (Wildman–Crippen MR) is 129 cm³/mol. The van der Waals surface area contributed by atoms with E-state index in [1.807, 2.05) is 6.92 Å². The molecule has 8 nitrogen and oxygen atoms in total. The van der Waals surface area contributed by atoms with E-state index in [0.717, 1.165) is 25.7 Å². The molecule has 1 saturated carbocycles. The highest BCUT2D eigenvalue weighted by atomic mass is 127. The molecule has 1 fully saturated rings. The third kappa shape index (κ3) is 7.33. The van der Waals surface area contributed by atoms with E-state index in [0.29, 0.717) is 37.7 Å². The molecule has 4 N–H and O–H groups in total. The van der Waals surface area contributed by atoms with Crippen LogP contribution < -0.4 is 16.0 Å². The number of rotatable bonds is 8. The molecule has 0 bridgehead atoms. The van der Waals surface area contributed by atoms with E-state index < -0.39 is 5.41 Å². The number of aromatic hydroxyl groups is 1. The molecule has 0 aliphatic heterocycles. The summed E-state index contributed by atoms with van der Waals surface area (Å²) in [6, 6.07) is 6.12. The lowest BCUT2D eigenvalue weighted by Crippen LogP contribution is -2.44. The Bertz CT molecular complexity index is 716. The first-order valence-electron chi connectivity index (χ1n) is 10.2. The maximum Gasteiger partial charge on any atom is 0.251 e. The van der Waals surface area contributed by atoms with Crippen molar-refractivity contribution in [2.24, 2.45) is 10.4 Å². The summed E-state index contributed by atoms with van der Waals surface area (Å²) >= 11 is 0. The summed E-state index contributed by atoms with van der Waals surface area (Å²) in [5.41, 5.74) is 0.0904. The number of hydrogen-bond acceptors (Lipinski definition) is 4. The van der Waals surface area contributed by atoms with Gasteiger partial charge in [-0.05, 0) is 44.0 Å². The van der Waals surface area contributed by atoms with Crippen LogP contribution >= 0.6 is 24.0 Å². The molecule has 1 aromatic rings. The Morgan fingerprint density at radius 2 is 1.67 bits per heavy atom. The van der Waals surface area contributed by atoms with Gasteiger partial charge in [0.05, 0.1) is 12.0 Å². The Hall–Kier alpha value is -2.04. The van der Waals surface area contributed by atoms with Crippen LogP contribution in [0.25, 0.3) is 0 Å². The number of carbonyl (C=O) groups is 2. The lowest BCUT2D eigenvalue weighted by atomic mass is 9.85. The van der Waals surface area contributed by atoms with E-state index >= 15 is 0 Å². The second-order valence-electron chi connectivity index (χ2n) is 7.61. The van der Waals surface area contributed by atoms with E-state index in [9.17, 15) is 14.7 Å². The molecule has 2 amide bonds. The molecule has 1 aliphatic carbocycles. The number of guanidine groups is 1. The standard InChI is InChI=1S/C21H33N5O3.HI/c1-4-22-20(25-15-21(11-5-6-12-21)19(29)26(2)3)24-14-13-23-18(28)16-7-9-17(27)10-8-16;/h7-10,27H,4-6,11-15H2,1-3H3,(H,23,28)(H2,22,24,25);1H. The molecule has 0 spiro atoms. The Morgan fingerprint density at radius 3 is 2.23 bits per heavy atom. The van der Waals surface area contributed by atoms with Gasteiger partial charge in [0.25, 0.3) is 5.91 Å². The number of phenols is 1. The molecule has 0 aromatic heterocycles. The summed E-state index contributed by atoms with van der Waals surface area (Å²) in [7, 11) is 3.60. The number of benzene rings is 1. The lowest BCUT2D eigenvalue weighted by Gasteiger charge is -2.29. The molecule has 168 valence electrons. The number of hydrogen-bond donors (Lipinski definition) is 4. The molecular weight excluding hydrogens is 497 g/mol. The van der Waals surface area contributed by atoms with Gasteiger partial charge in [0, 0.05) is 39.3 Å². The highest BCUT2D eigenvalue weighted by Gasteiger charge is 2.42. The van der Waals surface area contributed by atoms with E-state index in [2.05, 4.69) is 20.9 Å². The zero-order chi connectivity index (χ0) is 21.3. The first-order chi connectivity index (χ1) is 13.9. The molecule has 0 unspecified atom stereocenters. The largest absolute Gasteiger partial charge is 0.508 e. The van der Waals surface area contributed by atoms with E-state index in [1.165, 1.54) is 12.1 Å². The molecule has 30 heavy (non-hydrogen) atoms. The SMILES string of the molecule is CCNC(=NCC1(C(=O)N(C)C)CCCC1)NCCNC(=O)c1ccc(O)cc1.I. The van der Waals surface area contributed by atoms with Gasteiger partial charge in [0.1, 0.15) is 5.75 Å². The third-order valence-electron chi connectivity index (χ3n) is 5.14. The summed E-state index contributed by atoms with van der Waals surface area (Å²) in [6.07, 6.45) is 3.86. The number of carbonyl (C=O) groups excluding carboxylic acids is 2. The first kappa shape index (κ1) is 26.0. The van der Waals surface area contributed by atoms with Crippen molar-refractivity contribution < 1.29 is 14.7 Å².